The topological polar surface area (TPSA) is 59.4 Å². The number of hydrogen-bond donors (Lipinski definition) is 1. The van der Waals surface area contributed by atoms with Crippen LogP contribution in [-0.4, -0.2) is 56.5 Å². The minimum Gasteiger partial charge on any atom is -0.507 e. The molecule has 2 aliphatic rings. The average molecular weight is 603 g/mol. The molecule has 0 saturated carbocycles. The number of hydrazone groups is 1. The van der Waals surface area contributed by atoms with Crippen LogP contribution in [0, 0.1) is 0 Å². The van der Waals surface area contributed by atoms with Gasteiger partial charge in [-0.05, 0) is 91.7 Å². The molecule has 44 heavy (non-hydrogen) atoms. The predicted octanol–water partition coefficient (Wildman–Crippen LogP) is 6.00. The van der Waals surface area contributed by atoms with E-state index >= 15 is 0 Å². The van der Waals surface area contributed by atoms with Crippen molar-refractivity contribution in [3.63, 3.8) is 0 Å². The van der Waals surface area contributed by atoms with E-state index in [2.05, 4.69) is 93.1 Å². The van der Waals surface area contributed by atoms with Gasteiger partial charge < -0.3 is 14.9 Å². The minimum absolute atomic E-state index is 0.125. The molecule has 4 aromatic carbocycles. The van der Waals surface area contributed by atoms with Crippen LogP contribution >= 0.6 is 0 Å². The van der Waals surface area contributed by atoms with Crippen LogP contribution in [0.5, 0.6) is 5.75 Å². The first-order valence-corrected chi connectivity index (χ1v) is 18.8. The fourth-order valence-electron chi connectivity index (χ4n) is 7.33. The van der Waals surface area contributed by atoms with E-state index in [4.69, 9.17) is 5.10 Å². The van der Waals surface area contributed by atoms with Crippen molar-refractivity contribution < 1.29 is 9.90 Å². The first-order valence-electron chi connectivity index (χ1n) is 15.8. The molecular weight excluding hydrogens is 561 g/mol. The van der Waals surface area contributed by atoms with Gasteiger partial charge in [-0.25, -0.2) is 5.01 Å². The van der Waals surface area contributed by atoms with Crippen molar-refractivity contribution in [2.75, 3.05) is 36.0 Å². The maximum atomic E-state index is 14.4. The Hall–Kier alpha value is -4.36. The molecule has 0 bridgehead atoms. The molecule has 0 radical (unpaired) electrons. The largest absolute Gasteiger partial charge is 0.507 e. The monoisotopic (exact) mass is 602 g/mol. The number of para-hydroxylation sites is 1. The van der Waals surface area contributed by atoms with Crippen LogP contribution in [0.25, 0.3) is 0 Å². The lowest BCUT2D eigenvalue weighted by Crippen LogP contribution is -2.65. The molecule has 0 aromatic heterocycles. The van der Waals surface area contributed by atoms with Crippen molar-refractivity contribution in [3.05, 3.63) is 113 Å². The van der Waals surface area contributed by atoms with Crippen LogP contribution in [0.2, 0.25) is 13.1 Å². The Morgan fingerprint density at radius 3 is 1.82 bits per heavy atom. The summed E-state index contributed by atoms with van der Waals surface area (Å²) >= 11 is 0. The summed E-state index contributed by atoms with van der Waals surface area (Å²) in [6.45, 7) is 17.3. The molecule has 2 heterocycles. The number of phenolic OH excluding ortho intramolecular Hbond substituents is 1. The zero-order chi connectivity index (χ0) is 31.2. The molecule has 1 N–H and O–H groups in total. The van der Waals surface area contributed by atoms with Gasteiger partial charge in [0.15, 0.2) is 0 Å². The van der Waals surface area contributed by atoms with Crippen LogP contribution < -0.4 is 20.2 Å². The third kappa shape index (κ3) is 4.28. The molecule has 4 aromatic rings. The van der Waals surface area contributed by atoms with Gasteiger partial charge in [0.25, 0.3) is 5.91 Å². The van der Waals surface area contributed by atoms with Crippen molar-refractivity contribution in [1.82, 2.24) is 5.01 Å². The van der Waals surface area contributed by atoms with E-state index in [0.29, 0.717) is 11.1 Å². The number of anilines is 2. The Labute approximate surface area is 262 Å². The van der Waals surface area contributed by atoms with Gasteiger partial charge >= 0.3 is 0 Å². The van der Waals surface area contributed by atoms with Crippen molar-refractivity contribution in [1.29, 1.82) is 0 Å². The summed E-state index contributed by atoms with van der Waals surface area (Å²) in [5.74, 6) is -0.0219. The third-order valence-electron chi connectivity index (χ3n) is 9.70. The number of fused-ring (bicyclic) bond motifs is 6. The molecule has 1 amide bonds. The fraction of sp³-hybridized carbons (Fsp3) is 0.297. The highest BCUT2D eigenvalue weighted by Gasteiger charge is 2.58. The molecule has 6 nitrogen and oxygen atoms in total. The Kier molecular flexibility index (Phi) is 7.62. The molecule has 0 atom stereocenters. The molecule has 6 rings (SSSR count). The van der Waals surface area contributed by atoms with Gasteiger partial charge in [0, 0.05) is 54.2 Å². The maximum Gasteiger partial charge on any atom is 0.275 e. The number of hydrogen-bond acceptors (Lipinski definition) is 5. The van der Waals surface area contributed by atoms with Gasteiger partial charge in [-0.3, -0.25) is 4.79 Å². The van der Waals surface area contributed by atoms with Crippen LogP contribution in [0.15, 0.2) is 90.0 Å². The number of nitrogens with zero attached hydrogens (tertiary/aromatic N) is 4. The summed E-state index contributed by atoms with van der Waals surface area (Å²) in [7, 11) is -2.28. The Bertz CT molecular complexity index is 1690. The van der Waals surface area contributed by atoms with E-state index in [0.717, 1.165) is 42.9 Å². The number of benzene rings is 4. The number of carbonyl (C=O) groups is 1. The van der Waals surface area contributed by atoms with E-state index in [1.54, 1.807) is 23.4 Å². The summed E-state index contributed by atoms with van der Waals surface area (Å²) in [5.41, 5.74) is 5.83. The lowest BCUT2D eigenvalue weighted by molar-refractivity contribution is 0.0687. The van der Waals surface area contributed by atoms with Crippen LogP contribution in [0.3, 0.4) is 0 Å². The first kappa shape index (κ1) is 29.7. The number of amides is 1. The summed E-state index contributed by atoms with van der Waals surface area (Å²) in [6, 6.07) is 28.7. The highest BCUT2D eigenvalue weighted by atomic mass is 28.3. The first-order chi connectivity index (χ1) is 21.2. The van der Waals surface area contributed by atoms with E-state index in [1.165, 1.54) is 21.7 Å². The molecule has 2 aliphatic heterocycles. The van der Waals surface area contributed by atoms with E-state index < -0.39 is 13.6 Å². The summed E-state index contributed by atoms with van der Waals surface area (Å²) in [4.78, 5) is 19.2. The van der Waals surface area contributed by atoms with Gasteiger partial charge in [0.05, 0.1) is 6.21 Å². The summed E-state index contributed by atoms with van der Waals surface area (Å²) < 4.78 is 0. The van der Waals surface area contributed by atoms with E-state index in [9.17, 15) is 9.90 Å². The predicted molar refractivity (Wildman–Crippen MR) is 185 cm³/mol. The van der Waals surface area contributed by atoms with Gasteiger partial charge in [-0.1, -0.05) is 55.6 Å². The number of rotatable bonds is 8. The van der Waals surface area contributed by atoms with Crippen LogP contribution in [0.1, 0.15) is 60.3 Å². The zero-order valence-corrected chi connectivity index (χ0v) is 27.6. The van der Waals surface area contributed by atoms with E-state index in [-0.39, 0.29) is 11.7 Å². The molecule has 0 saturated heterocycles. The zero-order valence-electron chi connectivity index (χ0n) is 26.6. The normalized spacial score (nSPS) is 15.8. The van der Waals surface area contributed by atoms with Gasteiger partial charge in [0.2, 0.25) is 0 Å². The molecule has 7 heteroatoms. The fourth-order valence-corrected chi connectivity index (χ4v) is 10.5. The number of aromatic hydroxyl groups is 1. The van der Waals surface area contributed by atoms with Crippen LogP contribution in [0.4, 0.5) is 11.4 Å². The van der Waals surface area contributed by atoms with Gasteiger partial charge in [0.1, 0.15) is 19.4 Å². The van der Waals surface area contributed by atoms with Crippen LogP contribution in [-0.2, 0) is 5.54 Å². The van der Waals surface area contributed by atoms with Gasteiger partial charge in [-0.15, -0.1) is 0 Å². The third-order valence-corrected chi connectivity index (χ3v) is 13.2. The molecule has 0 unspecified atom stereocenters. The second-order valence-electron chi connectivity index (χ2n) is 12.1. The molecule has 0 aliphatic carbocycles. The Balaban J connectivity index is 1.71. The highest BCUT2D eigenvalue weighted by Crippen LogP contribution is 2.51. The Morgan fingerprint density at radius 1 is 0.750 bits per heavy atom. The second kappa shape index (κ2) is 11.3. The second-order valence-corrected chi connectivity index (χ2v) is 16.4. The Morgan fingerprint density at radius 2 is 1.27 bits per heavy atom. The standard InChI is InChI=1S/C37H42N4O2Si/c1-7-39(8-2)27-19-21-31-34(23-27)44(5,6)35-24-28(40(9-3)10-4)20-22-32(35)37(31)30-17-13-12-16-29(30)36(43)41(37)38-25-26-15-11-14-18-33(26)42/h11-25,42H,7-10H2,1-6H3/b38-25+. The molecule has 1 spiro atoms. The van der Waals surface area contributed by atoms with Crippen molar-refractivity contribution in [2.45, 2.75) is 46.3 Å². The quantitative estimate of drug-likeness (QED) is 0.199. The minimum atomic E-state index is -2.28. The highest BCUT2D eigenvalue weighted by molar-refractivity contribution is 7.01. The summed E-state index contributed by atoms with van der Waals surface area (Å²) in [5, 5.41) is 19.8. The molecule has 0 fully saturated rings. The smallest absolute Gasteiger partial charge is 0.275 e. The molecular formula is C37H42N4O2Si. The SMILES string of the molecule is CCN(CC)c1ccc2c(c1)[Si](C)(C)c1cc(N(CC)CC)ccc1C21c2ccccc2C(=O)N1/N=C/c1ccccc1O. The lowest BCUT2D eigenvalue weighted by Gasteiger charge is -2.48. The van der Waals surface area contributed by atoms with Crippen molar-refractivity contribution >= 4 is 41.9 Å². The van der Waals surface area contributed by atoms with Gasteiger partial charge in [-0.2, -0.15) is 5.10 Å². The van der Waals surface area contributed by atoms with Crippen molar-refractivity contribution in [3.8, 4) is 5.75 Å². The number of carbonyl (C=O) groups excluding carboxylic acids is 1. The lowest BCUT2D eigenvalue weighted by atomic mass is 9.76. The maximum absolute atomic E-state index is 14.4. The van der Waals surface area contributed by atoms with Crippen molar-refractivity contribution in [2.24, 2.45) is 5.10 Å². The summed E-state index contributed by atoms with van der Waals surface area (Å²) in [6.07, 6.45) is 1.62. The number of phenols is 1. The van der Waals surface area contributed by atoms with E-state index in [1.807, 2.05) is 30.3 Å². The molecule has 226 valence electrons. The average Bonchev–Trinajstić information content (AvgIpc) is 3.29.